The molecule has 0 radical (unpaired) electrons. The third-order valence-corrected chi connectivity index (χ3v) is 7.77. The van der Waals surface area contributed by atoms with E-state index in [1.807, 2.05) is 6.92 Å². The van der Waals surface area contributed by atoms with Crippen molar-refractivity contribution in [2.45, 2.75) is 46.7 Å². The number of benzene rings is 4. The number of nitrogens with one attached hydrogen (secondary N) is 2. The molecule has 0 saturated carbocycles. The van der Waals surface area contributed by atoms with Crippen LogP contribution in [0.1, 0.15) is 65.6 Å². The molecule has 2 amide bonds. The summed E-state index contributed by atoms with van der Waals surface area (Å²) in [7, 11) is 1.52. The monoisotopic (exact) mass is 606 g/mol. The SMILES string of the molecule is CNC(=O)c1cccc(-c2ccc(OOO)c(C(=O)Nc3c(C)cc(C(c4cc(C)c(C)c(C)c4)C(F)(F)F)cc3C)c2)c1. The standard InChI is InChI=1S/C34H33F3N2O5/c1-18-12-26(13-19(2)22(18)5)30(34(35,36)37)27-14-20(3)31(21(4)15-27)39-33(41)28-17-24(10-11-29(28)43-44-42)23-8-7-9-25(16-23)32(40)38-6/h7-17,30,42H,1-6H3,(H,38,40)(H,39,41). The second kappa shape index (κ2) is 12.9. The molecule has 0 aliphatic carbocycles. The number of aryl methyl sites for hydroxylation is 4. The molecule has 7 nitrogen and oxygen atoms in total. The third kappa shape index (κ3) is 6.77. The minimum Gasteiger partial charge on any atom is -0.355 e. The van der Waals surface area contributed by atoms with Gasteiger partial charge in [-0.3, -0.25) is 9.59 Å². The third-order valence-electron chi connectivity index (χ3n) is 7.77. The molecule has 0 aliphatic rings. The Kier molecular flexibility index (Phi) is 9.46. The van der Waals surface area contributed by atoms with E-state index in [4.69, 9.17) is 10.1 Å². The van der Waals surface area contributed by atoms with Gasteiger partial charge in [-0.15, -0.1) is 0 Å². The molecule has 0 fully saturated rings. The van der Waals surface area contributed by atoms with Crippen molar-refractivity contribution in [2.75, 3.05) is 12.4 Å². The van der Waals surface area contributed by atoms with Gasteiger partial charge in [0.15, 0.2) is 5.75 Å². The summed E-state index contributed by atoms with van der Waals surface area (Å²) in [6.07, 6.45) is -4.55. The lowest BCUT2D eigenvalue weighted by Gasteiger charge is -2.25. The van der Waals surface area contributed by atoms with Crippen LogP contribution < -0.4 is 15.5 Å². The first-order valence-corrected chi connectivity index (χ1v) is 13.8. The molecular formula is C34H33F3N2O5. The Morgan fingerprint density at radius 2 is 1.34 bits per heavy atom. The van der Waals surface area contributed by atoms with E-state index in [0.717, 1.165) is 16.7 Å². The van der Waals surface area contributed by atoms with Gasteiger partial charge in [0, 0.05) is 18.3 Å². The highest BCUT2D eigenvalue weighted by Crippen LogP contribution is 2.43. The van der Waals surface area contributed by atoms with Gasteiger partial charge < -0.3 is 15.5 Å². The molecule has 0 saturated heterocycles. The zero-order valence-electron chi connectivity index (χ0n) is 25.1. The van der Waals surface area contributed by atoms with Gasteiger partial charge in [0.25, 0.3) is 11.8 Å². The van der Waals surface area contributed by atoms with Gasteiger partial charge in [-0.05, 0) is 114 Å². The number of rotatable bonds is 8. The summed E-state index contributed by atoms with van der Waals surface area (Å²) in [5.74, 6) is -2.90. The van der Waals surface area contributed by atoms with Crippen LogP contribution in [0.5, 0.6) is 5.75 Å². The molecule has 0 spiro atoms. The molecule has 10 heteroatoms. The van der Waals surface area contributed by atoms with Crippen LogP contribution in [-0.4, -0.2) is 30.3 Å². The Morgan fingerprint density at radius 1 is 0.773 bits per heavy atom. The molecule has 4 aromatic carbocycles. The van der Waals surface area contributed by atoms with Gasteiger partial charge in [0.1, 0.15) is 5.92 Å². The van der Waals surface area contributed by atoms with E-state index in [-0.39, 0.29) is 28.3 Å². The lowest BCUT2D eigenvalue weighted by molar-refractivity contribution is -0.438. The molecule has 0 heterocycles. The van der Waals surface area contributed by atoms with Crippen LogP contribution in [0.2, 0.25) is 0 Å². The highest BCUT2D eigenvalue weighted by molar-refractivity contribution is 6.07. The molecular weight excluding hydrogens is 573 g/mol. The van der Waals surface area contributed by atoms with E-state index in [9.17, 15) is 22.8 Å². The molecule has 230 valence electrons. The minimum absolute atomic E-state index is 0.0245. The first-order chi connectivity index (χ1) is 20.7. The Labute approximate surface area is 253 Å². The van der Waals surface area contributed by atoms with Crippen molar-refractivity contribution in [1.82, 2.24) is 5.32 Å². The predicted octanol–water partition coefficient (Wildman–Crippen LogP) is 7.99. The number of alkyl halides is 3. The van der Waals surface area contributed by atoms with Crippen molar-refractivity contribution < 1.29 is 37.9 Å². The van der Waals surface area contributed by atoms with Crippen LogP contribution in [0.3, 0.4) is 0 Å². The fraction of sp³-hybridized carbons (Fsp3) is 0.235. The lowest BCUT2D eigenvalue weighted by atomic mass is 9.85. The van der Waals surface area contributed by atoms with Crippen molar-refractivity contribution >= 4 is 17.5 Å². The van der Waals surface area contributed by atoms with Crippen LogP contribution in [0.25, 0.3) is 11.1 Å². The first kappa shape index (κ1) is 32.2. The highest BCUT2D eigenvalue weighted by atomic mass is 19.4. The van der Waals surface area contributed by atoms with E-state index >= 15 is 0 Å². The Hall–Kier alpha value is -4.67. The van der Waals surface area contributed by atoms with Crippen molar-refractivity contribution in [1.29, 1.82) is 0 Å². The van der Waals surface area contributed by atoms with E-state index in [2.05, 4.69) is 15.7 Å². The molecule has 0 aromatic heterocycles. The summed E-state index contributed by atoms with van der Waals surface area (Å²) in [5.41, 5.74) is 5.48. The van der Waals surface area contributed by atoms with Crippen LogP contribution in [0.15, 0.2) is 66.7 Å². The van der Waals surface area contributed by atoms with Crippen molar-refractivity contribution in [3.05, 3.63) is 117 Å². The molecule has 4 rings (SSSR count). The van der Waals surface area contributed by atoms with E-state index < -0.39 is 18.0 Å². The minimum atomic E-state index is -4.55. The molecule has 4 aromatic rings. The zero-order valence-corrected chi connectivity index (χ0v) is 25.1. The fourth-order valence-electron chi connectivity index (χ4n) is 5.33. The van der Waals surface area contributed by atoms with Crippen LogP contribution in [0, 0.1) is 34.6 Å². The first-order valence-electron chi connectivity index (χ1n) is 13.8. The van der Waals surface area contributed by atoms with Crippen LogP contribution in [0.4, 0.5) is 18.9 Å². The summed E-state index contributed by atoms with van der Waals surface area (Å²) >= 11 is 0. The molecule has 1 atom stereocenters. The van der Waals surface area contributed by atoms with Gasteiger partial charge in [-0.25, -0.2) is 5.26 Å². The van der Waals surface area contributed by atoms with E-state index in [1.165, 1.54) is 31.3 Å². The van der Waals surface area contributed by atoms with Crippen LogP contribution >= 0.6 is 0 Å². The lowest BCUT2D eigenvalue weighted by Crippen LogP contribution is -2.23. The van der Waals surface area contributed by atoms with Gasteiger partial charge >= 0.3 is 6.18 Å². The molecule has 3 N–H and O–H groups in total. The number of anilines is 1. The molecule has 0 bridgehead atoms. The average molecular weight is 607 g/mol. The number of amides is 2. The zero-order chi connectivity index (χ0) is 32.3. The van der Waals surface area contributed by atoms with Crippen molar-refractivity contribution in [2.24, 2.45) is 0 Å². The second-order valence-electron chi connectivity index (χ2n) is 10.8. The summed E-state index contributed by atoms with van der Waals surface area (Å²) in [5, 5.41) is 18.1. The maximum Gasteiger partial charge on any atom is 0.399 e. The topological polar surface area (TPSA) is 96.9 Å². The summed E-state index contributed by atoms with van der Waals surface area (Å²) < 4.78 is 43.5. The van der Waals surface area contributed by atoms with E-state index in [1.54, 1.807) is 70.2 Å². The van der Waals surface area contributed by atoms with Gasteiger partial charge in [-0.1, -0.05) is 42.5 Å². The average Bonchev–Trinajstić information content (AvgIpc) is 2.97. The van der Waals surface area contributed by atoms with Crippen LogP contribution in [-0.2, 0) is 5.04 Å². The predicted molar refractivity (Wildman–Crippen MR) is 162 cm³/mol. The van der Waals surface area contributed by atoms with Gasteiger partial charge in [0.2, 0.25) is 0 Å². The maximum atomic E-state index is 14.5. The normalized spacial score (nSPS) is 12.0. The van der Waals surface area contributed by atoms with Gasteiger partial charge in [0.05, 0.1) is 5.56 Å². The summed E-state index contributed by atoms with van der Waals surface area (Å²) in [6.45, 7) is 8.72. The highest BCUT2D eigenvalue weighted by Gasteiger charge is 2.42. The number of carbonyl (C=O) groups is 2. The summed E-state index contributed by atoms with van der Waals surface area (Å²) in [6, 6.07) is 17.3. The fourth-order valence-corrected chi connectivity index (χ4v) is 5.33. The second-order valence-corrected chi connectivity index (χ2v) is 10.8. The van der Waals surface area contributed by atoms with Crippen molar-refractivity contribution in [3.8, 4) is 16.9 Å². The molecule has 1 unspecified atom stereocenters. The summed E-state index contributed by atoms with van der Waals surface area (Å²) in [4.78, 5) is 30.5. The largest absolute Gasteiger partial charge is 0.399 e. The Morgan fingerprint density at radius 3 is 1.89 bits per heavy atom. The quantitative estimate of drug-likeness (QED) is 0.140. The number of hydrogen-bond donors (Lipinski definition) is 3. The van der Waals surface area contributed by atoms with Gasteiger partial charge in [-0.2, -0.15) is 13.2 Å². The Bertz CT molecular complexity index is 1690. The van der Waals surface area contributed by atoms with Crippen molar-refractivity contribution in [3.63, 3.8) is 0 Å². The molecule has 0 aliphatic heterocycles. The Balaban J connectivity index is 1.72. The number of hydrogen-bond acceptors (Lipinski definition) is 5. The number of halogens is 3. The maximum absolute atomic E-state index is 14.5. The number of carbonyl (C=O) groups excluding carboxylic acids is 2. The van der Waals surface area contributed by atoms with E-state index in [0.29, 0.717) is 33.5 Å². The molecule has 44 heavy (non-hydrogen) atoms. The smallest absolute Gasteiger partial charge is 0.355 e.